The van der Waals surface area contributed by atoms with Crippen molar-refractivity contribution < 1.29 is 4.52 Å². The van der Waals surface area contributed by atoms with Crippen LogP contribution in [0, 0.1) is 13.8 Å². The van der Waals surface area contributed by atoms with Crippen LogP contribution in [0.1, 0.15) is 18.1 Å². The molecule has 0 radical (unpaired) electrons. The van der Waals surface area contributed by atoms with Crippen LogP contribution in [0.3, 0.4) is 0 Å². The Morgan fingerprint density at radius 1 is 1.08 bits per heavy atom. The van der Waals surface area contributed by atoms with Gasteiger partial charge in [-0.3, -0.25) is 4.79 Å². The molecule has 5 nitrogen and oxygen atoms in total. The summed E-state index contributed by atoms with van der Waals surface area (Å²) in [6.07, 6.45) is 1.79. The molecule has 4 rings (SSSR count). The van der Waals surface area contributed by atoms with Crippen LogP contribution in [0.25, 0.3) is 33.7 Å². The maximum absolute atomic E-state index is 12.9. The summed E-state index contributed by atoms with van der Waals surface area (Å²) in [5.74, 6) is 0.731. The topological polar surface area (TPSA) is 60.9 Å². The van der Waals surface area contributed by atoms with Crippen LogP contribution in [-0.2, 0) is 6.54 Å². The van der Waals surface area contributed by atoms with Gasteiger partial charge in [-0.15, -0.1) is 0 Å². The summed E-state index contributed by atoms with van der Waals surface area (Å²) in [5.41, 5.74) is 4.47. The molecule has 0 spiro atoms. The molecule has 0 unspecified atom stereocenters. The summed E-state index contributed by atoms with van der Waals surface area (Å²) in [5, 5.41) is 4.73. The number of hydrogen-bond acceptors (Lipinski definition) is 4. The molecule has 0 aliphatic heterocycles. The van der Waals surface area contributed by atoms with Gasteiger partial charge < -0.3 is 9.09 Å². The zero-order valence-electron chi connectivity index (χ0n) is 15.0. The number of fused-ring (bicyclic) bond motifs is 1. The van der Waals surface area contributed by atoms with E-state index in [-0.39, 0.29) is 11.3 Å². The number of para-hydroxylation sites is 1. The van der Waals surface area contributed by atoms with E-state index in [1.165, 1.54) is 5.56 Å². The summed E-state index contributed by atoms with van der Waals surface area (Å²) >= 11 is 0. The molecule has 0 saturated carbocycles. The molecule has 4 aromatic rings. The fraction of sp³-hybridized carbons (Fsp3) is 0.190. The third kappa shape index (κ3) is 2.62. The summed E-state index contributed by atoms with van der Waals surface area (Å²) in [4.78, 5) is 17.4. The lowest BCUT2D eigenvalue weighted by molar-refractivity contribution is 0.431. The average Bonchev–Trinajstić information content (AvgIpc) is 3.14. The lowest BCUT2D eigenvalue weighted by Crippen LogP contribution is -2.11. The Kier molecular flexibility index (Phi) is 3.92. The highest BCUT2D eigenvalue weighted by Gasteiger charge is 2.17. The van der Waals surface area contributed by atoms with E-state index in [0.29, 0.717) is 16.8 Å². The number of benzene rings is 2. The Hall–Kier alpha value is -3.21. The van der Waals surface area contributed by atoms with Crippen LogP contribution >= 0.6 is 0 Å². The maximum Gasteiger partial charge on any atom is 0.263 e. The fourth-order valence-corrected chi connectivity index (χ4v) is 3.09. The number of rotatable bonds is 3. The predicted octanol–water partition coefficient (Wildman–Crippen LogP) is 4.36. The SMILES string of the molecule is CCn1cc(-c2nc(-c3ccc(C)c(C)c3)no2)c(=O)c2ccccc21. The first-order valence-electron chi connectivity index (χ1n) is 8.62. The van der Waals surface area contributed by atoms with Gasteiger partial charge in [-0.2, -0.15) is 4.98 Å². The van der Waals surface area contributed by atoms with Crippen molar-refractivity contribution in [3.05, 3.63) is 70.0 Å². The molecule has 0 N–H and O–H groups in total. The van der Waals surface area contributed by atoms with E-state index < -0.39 is 0 Å². The second kappa shape index (κ2) is 6.26. The van der Waals surface area contributed by atoms with Gasteiger partial charge in [0.25, 0.3) is 5.89 Å². The lowest BCUT2D eigenvalue weighted by atomic mass is 10.1. The molecular weight excluding hydrogens is 326 g/mol. The molecule has 0 amide bonds. The minimum Gasteiger partial charge on any atom is -0.347 e. The molecule has 5 heteroatoms. The van der Waals surface area contributed by atoms with Crippen molar-refractivity contribution in [1.29, 1.82) is 0 Å². The van der Waals surface area contributed by atoms with Crippen LogP contribution in [0.2, 0.25) is 0 Å². The number of aromatic nitrogens is 3. The molecule has 26 heavy (non-hydrogen) atoms. The highest BCUT2D eigenvalue weighted by Crippen LogP contribution is 2.24. The quantitative estimate of drug-likeness (QED) is 0.554. The number of aryl methyl sites for hydroxylation is 3. The van der Waals surface area contributed by atoms with Crippen molar-refractivity contribution >= 4 is 10.9 Å². The minimum absolute atomic E-state index is 0.0967. The Bertz CT molecular complexity index is 1170. The zero-order chi connectivity index (χ0) is 18.3. The molecular formula is C21H19N3O2. The van der Waals surface area contributed by atoms with Crippen molar-refractivity contribution in [3.8, 4) is 22.8 Å². The van der Waals surface area contributed by atoms with Gasteiger partial charge in [0, 0.05) is 23.7 Å². The van der Waals surface area contributed by atoms with E-state index in [1.54, 1.807) is 6.20 Å². The first-order chi connectivity index (χ1) is 12.6. The molecule has 2 heterocycles. The van der Waals surface area contributed by atoms with Crippen molar-refractivity contribution in [1.82, 2.24) is 14.7 Å². The monoisotopic (exact) mass is 345 g/mol. The third-order valence-electron chi connectivity index (χ3n) is 4.75. The number of nitrogens with zero attached hydrogens (tertiary/aromatic N) is 3. The van der Waals surface area contributed by atoms with Gasteiger partial charge in [-0.05, 0) is 50.1 Å². The van der Waals surface area contributed by atoms with Crippen LogP contribution < -0.4 is 5.43 Å². The second-order valence-corrected chi connectivity index (χ2v) is 6.40. The summed E-state index contributed by atoms with van der Waals surface area (Å²) in [6, 6.07) is 13.6. The predicted molar refractivity (Wildman–Crippen MR) is 102 cm³/mol. The van der Waals surface area contributed by atoms with E-state index in [4.69, 9.17) is 4.52 Å². The Morgan fingerprint density at radius 3 is 2.65 bits per heavy atom. The van der Waals surface area contributed by atoms with Crippen molar-refractivity contribution in [2.75, 3.05) is 0 Å². The van der Waals surface area contributed by atoms with Gasteiger partial charge in [-0.1, -0.05) is 29.4 Å². The minimum atomic E-state index is -0.0967. The van der Waals surface area contributed by atoms with Gasteiger partial charge in [0.15, 0.2) is 0 Å². The van der Waals surface area contributed by atoms with Crippen LogP contribution in [0.15, 0.2) is 58.0 Å². The molecule has 0 atom stereocenters. The second-order valence-electron chi connectivity index (χ2n) is 6.40. The van der Waals surface area contributed by atoms with Gasteiger partial charge in [0.05, 0.1) is 5.52 Å². The van der Waals surface area contributed by atoms with Crippen LogP contribution in [0.5, 0.6) is 0 Å². The largest absolute Gasteiger partial charge is 0.347 e. The molecule has 0 bridgehead atoms. The summed E-state index contributed by atoms with van der Waals surface area (Å²) in [7, 11) is 0. The van der Waals surface area contributed by atoms with Gasteiger partial charge in [0.1, 0.15) is 5.56 Å². The van der Waals surface area contributed by atoms with E-state index in [2.05, 4.69) is 17.1 Å². The van der Waals surface area contributed by atoms with Crippen molar-refractivity contribution in [2.24, 2.45) is 0 Å². The molecule has 130 valence electrons. The molecule has 0 aliphatic carbocycles. The fourth-order valence-electron chi connectivity index (χ4n) is 3.09. The molecule has 2 aromatic heterocycles. The maximum atomic E-state index is 12.9. The van der Waals surface area contributed by atoms with E-state index in [1.807, 2.05) is 60.9 Å². The lowest BCUT2D eigenvalue weighted by Gasteiger charge is -2.09. The Balaban J connectivity index is 1.86. The van der Waals surface area contributed by atoms with Crippen molar-refractivity contribution in [3.63, 3.8) is 0 Å². The summed E-state index contributed by atoms with van der Waals surface area (Å²) in [6.45, 7) is 6.88. The highest BCUT2D eigenvalue weighted by molar-refractivity contribution is 5.82. The van der Waals surface area contributed by atoms with Gasteiger partial charge in [0.2, 0.25) is 11.3 Å². The first-order valence-corrected chi connectivity index (χ1v) is 8.62. The molecule has 2 aromatic carbocycles. The standard InChI is InChI=1S/C21H19N3O2/c1-4-24-12-17(19(25)16-7-5-6-8-18(16)24)21-22-20(23-26-21)15-10-9-13(2)14(3)11-15/h5-12H,4H2,1-3H3. The Morgan fingerprint density at radius 2 is 1.88 bits per heavy atom. The molecule has 0 fully saturated rings. The van der Waals surface area contributed by atoms with E-state index in [9.17, 15) is 4.79 Å². The first kappa shape index (κ1) is 16.3. The van der Waals surface area contributed by atoms with E-state index >= 15 is 0 Å². The number of pyridine rings is 1. The van der Waals surface area contributed by atoms with Crippen LogP contribution in [0.4, 0.5) is 0 Å². The highest BCUT2D eigenvalue weighted by atomic mass is 16.5. The van der Waals surface area contributed by atoms with Gasteiger partial charge >= 0.3 is 0 Å². The van der Waals surface area contributed by atoms with Crippen LogP contribution in [-0.4, -0.2) is 14.7 Å². The normalized spacial score (nSPS) is 11.2. The van der Waals surface area contributed by atoms with Gasteiger partial charge in [-0.25, -0.2) is 0 Å². The van der Waals surface area contributed by atoms with Crippen molar-refractivity contribution in [2.45, 2.75) is 27.3 Å². The molecule has 0 saturated heterocycles. The zero-order valence-corrected chi connectivity index (χ0v) is 15.0. The summed E-state index contributed by atoms with van der Waals surface area (Å²) < 4.78 is 7.45. The molecule has 0 aliphatic rings. The average molecular weight is 345 g/mol. The Labute approximate surface area is 150 Å². The number of hydrogen-bond donors (Lipinski definition) is 0. The smallest absolute Gasteiger partial charge is 0.263 e. The third-order valence-corrected chi connectivity index (χ3v) is 4.75. The van der Waals surface area contributed by atoms with E-state index in [0.717, 1.165) is 23.2 Å².